The average molecular weight is 272 g/mol. The number of nitrogens with zero attached hydrogens (tertiary/aromatic N) is 2. The van der Waals surface area contributed by atoms with Crippen molar-refractivity contribution in [2.75, 3.05) is 0 Å². The zero-order valence-electron chi connectivity index (χ0n) is 11.7. The van der Waals surface area contributed by atoms with E-state index in [1.807, 2.05) is 38.2 Å². The summed E-state index contributed by atoms with van der Waals surface area (Å²) >= 11 is 0. The quantitative estimate of drug-likeness (QED) is 0.684. The minimum atomic E-state index is -0.802. The Hall–Kier alpha value is -1.88. The summed E-state index contributed by atoms with van der Waals surface area (Å²) < 4.78 is 5.92. The van der Waals surface area contributed by atoms with E-state index in [9.17, 15) is 0 Å². The number of para-hydroxylation sites is 1. The summed E-state index contributed by atoms with van der Waals surface area (Å²) in [6.45, 7) is 8.25. The van der Waals surface area contributed by atoms with Crippen molar-refractivity contribution in [2.45, 2.75) is 26.9 Å². The van der Waals surface area contributed by atoms with Crippen LogP contribution in [0.5, 0.6) is 5.75 Å². The second-order valence-corrected chi connectivity index (χ2v) is 6.64. The van der Waals surface area contributed by atoms with Crippen LogP contribution in [0.15, 0.2) is 35.6 Å². The Balaban J connectivity index is 2.41. The van der Waals surface area contributed by atoms with Crippen LogP contribution >= 0.6 is 0 Å². The Bertz CT molecular complexity index is 576. The van der Waals surface area contributed by atoms with Crippen molar-refractivity contribution >= 4 is 20.4 Å². The molecule has 0 aliphatic carbocycles. The van der Waals surface area contributed by atoms with Gasteiger partial charge in [0.1, 0.15) is 11.4 Å². The lowest BCUT2D eigenvalue weighted by molar-refractivity contribution is 0.581. The highest BCUT2D eigenvalue weighted by Gasteiger charge is 2.09. The highest BCUT2D eigenvalue weighted by molar-refractivity contribution is 6.49. The van der Waals surface area contributed by atoms with E-state index >= 15 is 0 Å². The monoisotopic (exact) mass is 272 g/mol. The molecular weight excluding hydrogens is 254 g/mol. The van der Waals surface area contributed by atoms with Gasteiger partial charge in [-0.15, -0.1) is 0 Å². The maximum atomic E-state index is 5.92. The second kappa shape index (κ2) is 5.84. The summed E-state index contributed by atoms with van der Waals surface area (Å²) in [6, 6.07) is 6.03. The zero-order valence-corrected chi connectivity index (χ0v) is 12.7. The number of aryl methyl sites for hydroxylation is 1. The minimum absolute atomic E-state index is 0.802. The molecule has 1 N–H and O–H groups in total. The Kier molecular flexibility index (Phi) is 4.16. The first kappa shape index (κ1) is 13.5. The number of aliphatic imine (C=N–C) groups is 1. The standard InChI is InChI=1S/C14H18N3OSi/c1-10-6-5-7-13(18-19(3)4)14(10)17-11(2)12-8-15-16-9-12/h5-9H,1-4H3,(H,15,16). The Morgan fingerprint density at radius 2 is 2.16 bits per heavy atom. The zero-order chi connectivity index (χ0) is 13.8. The lowest BCUT2D eigenvalue weighted by atomic mass is 10.1. The topological polar surface area (TPSA) is 50.3 Å². The van der Waals surface area contributed by atoms with Gasteiger partial charge in [0.2, 0.25) is 0 Å². The molecule has 0 saturated carbocycles. The molecule has 0 fully saturated rings. The highest BCUT2D eigenvalue weighted by Crippen LogP contribution is 2.32. The average Bonchev–Trinajstić information content (AvgIpc) is 2.86. The van der Waals surface area contributed by atoms with E-state index in [1.54, 1.807) is 6.20 Å². The third-order valence-electron chi connectivity index (χ3n) is 2.71. The normalized spacial score (nSPS) is 11.9. The van der Waals surface area contributed by atoms with E-state index in [1.165, 1.54) is 0 Å². The van der Waals surface area contributed by atoms with E-state index in [4.69, 9.17) is 9.42 Å². The van der Waals surface area contributed by atoms with E-state index in [2.05, 4.69) is 23.3 Å². The third-order valence-corrected chi connectivity index (χ3v) is 3.34. The molecule has 0 saturated heterocycles. The Morgan fingerprint density at radius 3 is 2.79 bits per heavy atom. The van der Waals surface area contributed by atoms with E-state index in [-0.39, 0.29) is 0 Å². The molecule has 0 amide bonds. The van der Waals surface area contributed by atoms with Crippen LogP contribution < -0.4 is 4.43 Å². The van der Waals surface area contributed by atoms with Gasteiger partial charge in [-0.3, -0.25) is 5.10 Å². The molecule has 1 radical (unpaired) electrons. The molecule has 1 aromatic heterocycles. The predicted molar refractivity (Wildman–Crippen MR) is 79.7 cm³/mol. The molecule has 99 valence electrons. The van der Waals surface area contributed by atoms with Gasteiger partial charge in [0.15, 0.2) is 0 Å². The summed E-state index contributed by atoms with van der Waals surface area (Å²) in [5.74, 6) is 0.863. The molecule has 2 aromatic rings. The van der Waals surface area contributed by atoms with Gasteiger partial charge in [-0.2, -0.15) is 5.10 Å². The molecule has 1 aromatic carbocycles. The van der Waals surface area contributed by atoms with Crippen molar-refractivity contribution in [3.63, 3.8) is 0 Å². The van der Waals surface area contributed by atoms with Crippen molar-refractivity contribution in [3.8, 4) is 5.75 Å². The number of rotatable bonds is 4. The van der Waals surface area contributed by atoms with Crippen LogP contribution in [0.3, 0.4) is 0 Å². The fourth-order valence-corrected chi connectivity index (χ4v) is 2.36. The van der Waals surface area contributed by atoms with Gasteiger partial charge in [0.05, 0.1) is 6.20 Å². The van der Waals surface area contributed by atoms with Gasteiger partial charge >= 0.3 is 0 Å². The van der Waals surface area contributed by atoms with Gasteiger partial charge in [-0.1, -0.05) is 12.1 Å². The molecule has 19 heavy (non-hydrogen) atoms. The lowest BCUT2D eigenvalue weighted by Crippen LogP contribution is -2.11. The molecule has 0 bridgehead atoms. The number of aromatic amines is 1. The number of aromatic nitrogens is 2. The molecule has 0 spiro atoms. The SMILES string of the molecule is CC(=Nc1c(C)cccc1O[Si](C)C)c1cn[nH]c1. The van der Waals surface area contributed by atoms with Gasteiger partial charge in [0.25, 0.3) is 9.04 Å². The van der Waals surface area contributed by atoms with Crippen LogP contribution in [0, 0.1) is 6.92 Å². The maximum absolute atomic E-state index is 5.92. The number of hydrogen-bond acceptors (Lipinski definition) is 3. The predicted octanol–water partition coefficient (Wildman–Crippen LogP) is 3.49. The fourth-order valence-electron chi connectivity index (χ4n) is 1.76. The smallest absolute Gasteiger partial charge is 0.274 e. The van der Waals surface area contributed by atoms with Crippen molar-refractivity contribution in [1.29, 1.82) is 0 Å². The summed E-state index contributed by atoms with van der Waals surface area (Å²) in [5.41, 5.74) is 3.94. The summed E-state index contributed by atoms with van der Waals surface area (Å²) in [6.07, 6.45) is 3.61. The minimum Gasteiger partial charge on any atom is -0.541 e. The molecule has 0 atom stereocenters. The van der Waals surface area contributed by atoms with E-state index in [0.717, 1.165) is 28.3 Å². The first-order chi connectivity index (χ1) is 9.08. The number of hydrogen-bond donors (Lipinski definition) is 1. The van der Waals surface area contributed by atoms with Crippen LogP contribution in [0.25, 0.3) is 0 Å². The largest absolute Gasteiger partial charge is 0.541 e. The molecule has 0 aliphatic rings. The van der Waals surface area contributed by atoms with Crippen LogP contribution in [-0.4, -0.2) is 24.9 Å². The highest BCUT2D eigenvalue weighted by atomic mass is 28.3. The Labute approximate surface area is 115 Å². The van der Waals surface area contributed by atoms with Crippen molar-refractivity contribution in [3.05, 3.63) is 41.7 Å². The first-order valence-corrected chi connectivity index (χ1v) is 8.61. The third kappa shape index (κ3) is 3.32. The fraction of sp³-hybridized carbons (Fsp3) is 0.286. The summed E-state index contributed by atoms with van der Waals surface area (Å²) in [4.78, 5) is 4.70. The van der Waals surface area contributed by atoms with Crippen molar-refractivity contribution < 1.29 is 4.43 Å². The molecule has 0 unspecified atom stereocenters. The summed E-state index contributed by atoms with van der Waals surface area (Å²) in [5, 5.41) is 6.75. The molecule has 1 heterocycles. The van der Waals surface area contributed by atoms with Crippen molar-refractivity contribution in [1.82, 2.24) is 10.2 Å². The van der Waals surface area contributed by atoms with E-state index < -0.39 is 9.04 Å². The van der Waals surface area contributed by atoms with Crippen LogP contribution in [-0.2, 0) is 0 Å². The molecular formula is C14H18N3OSi. The van der Waals surface area contributed by atoms with Gasteiger partial charge in [0, 0.05) is 17.5 Å². The van der Waals surface area contributed by atoms with Gasteiger partial charge < -0.3 is 4.43 Å². The Morgan fingerprint density at radius 1 is 1.37 bits per heavy atom. The lowest BCUT2D eigenvalue weighted by Gasteiger charge is -2.13. The van der Waals surface area contributed by atoms with Crippen LogP contribution in [0.4, 0.5) is 5.69 Å². The van der Waals surface area contributed by atoms with Crippen molar-refractivity contribution in [2.24, 2.45) is 4.99 Å². The first-order valence-electron chi connectivity index (χ1n) is 6.20. The van der Waals surface area contributed by atoms with Gasteiger partial charge in [-0.25, -0.2) is 4.99 Å². The summed E-state index contributed by atoms with van der Waals surface area (Å²) in [7, 11) is -0.802. The number of nitrogens with one attached hydrogen (secondary N) is 1. The number of H-pyrrole nitrogens is 1. The molecule has 4 nitrogen and oxygen atoms in total. The van der Waals surface area contributed by atoms with E-state index in [0.29, 0.717) is 0 Å². The van der Waals surface area contributed by atoms with Gasteiger partial charge in [-0.05, 0) is 38.6 Å². The number of benzene rings is 1. The second-order valence-electron chi connectivity index (χ2n) is 4.62. The van der Waals surface area contributed by atoms with Crippen LogP contribution in [0.1, 0.15) is 18.1 Å². The van der Waals surface area contributed by atoms with Crippen LogP contribution in [0.2, 0.25) is 13.1 Å². The molecule has 5 heteroatoms. The maximum Gasteiger partial charge on any atom is 0.274 e. The molecule has 2 rings (SSSR count). The molecule has 0 aliphatic heterocycles.